The highest BCUT2D eigenvalue weighted by Crippen LogP contribution is 2.44. The molecule has 1 aromatic rings. The molecule has 0 heterocycles. The third-order valence-electron chi connectivity index (χ3n) is 4.18. The number of aliphatic carboxylic acids is 1. The Bertz CT molecular complexity index is 550. The molecule has 1 fully saturated rings. The van der Waals surface area contributed by atoms with Gasteiger partial charge in [-0.25, -0.2) is 4.39 Å². The van der Waals surface area contributed by atoms with Gasteiger partial charge >= 0.3 is 5.97 Å². The molecular formula is C16H20FNO3. The lowest BCUT2D eigenvalue weighted by Gasteiger charge is -2.26. The monoisotopic (exact) mass is 293 g/mol. The summed E-state index contributed by atoms with van der Waals surface area (Å²) in [5.41, 5.74) is 0.483. The highest BCUT2D eigenvalue weighted by molar-refractivity contribution is 5.91. The van der Waals surface area contributed by atoms with Gasteiger partial charge in [0.05, 0.1) is 6.42 Å². The molecule has 4 nitrogen and oxygen atoms in total. The fourth-order valence-corrected chi connectivity index (χ4v) is 3.08. The molecule has 1 amide bonds. The number of anilines is 1. The van der Waals surface area contributed by atoms with Crippen LogP contribution in [-0.4, -0.2) is 17.0 Å². The van der Waals surface area contributed by atoms with Crippen molar-refractivity contribution in [1.82, 2.24) is 0 Å². The average Bonchev–Trinajstić information content (AvgIpc) is 2.80. The fraction of sp³-hybridized carbons (Fsp3) is 0.500. The van der Waals surface area contributed by atoms with E-state index in [1.165, 1.54) is 6.07 Å². The molecule has 0 bridgehead atoms. The molecule has 0 saturated heterocycles. The van der Waals surface area contributed by atoms with Crippen LogP contribution in [-0.2, 0) is 9.59 Å². The maximum atomic E-state index is 13.5. The van der Waals surface area contributed by atoms with Crippen LogP contribution < -0.4 is 5.32 Å². The Morgan fingerprint density at radius 3 is 2.52 bits per heavy atom. The largest absolute Gasteiger partial charge is 0.481 e. The van der Waals surface area contributed by atoms with E-state index in [9.17, 15) is 14.0 Å². The van der Waals surface area contributed by atoms with E-state index in [1.54, 1.807) is 19.1 Å². The standard InChI is InChI=1S/C16H20FNO3/c1-11-4-5-12(8-13(11)17)18-14(19)9-16(10-15(20)21)6-2-3-7-16/h4-5,8H,2-3,6-7,9-10H2,1H3,(H,18,19)(H,20,21). The third-order valence-corrected chi connectivity index (χ3v) is 4.18. The van der Waals surface area contributed by atoms with Crippen LogP contribution in [0.2, 0.25) is 0 Å². The molecule has 0 unspecified atom stereocenters. The van der Waals surface area contributed by atoms with Crippen molar-refractivity contribution in [2.24, 2.45) is 5.41 Å². The first kappa shape index (κ1) is 15.5. The minimum Gasteiger partial charge on any atom is -0.481 e. The van der Waals surface area contributed by atoms with E-state index >= 15 is 0 Å². The zero-order chi connectivity index (χ0) is 15.5. The zero-order valence-electron chi connectivity index (χ0n) is 12.1. The lowest BCUT2D eigenvalue weighted by molar-refractivity contribution is -0.140. The Labute approximate surface area is 123 Å². The number of halogens is 1. The summed E-state index contributed by atoms with van der Waals surface area (Å²) in [5.74, 6) is -1.48. The van der Waals surface area contributed by atoms with Crippen LogP contribution in [0, 0.1) is 18.2 Å². The van der Waals surface area contributed by atoms with Gasteiger partial charge in [-0.1, -0.05) is 18.9 Å². The van der Waals surface area contributed by atoms with Crippen LogP contribution in [0.1, 0.15) is 44.1 Å². The number of carboxylic acid groups (broad SMARTS) is 1. The summed E-state index contributed by atoms with van der Waals surface area (Å²) in [6, 6.07) is 4.54. The predicted molar refractivity (Wildman–Crippen MR) is 77.5 cm³/mol. The molecule has 2 N–H and O–H groups in total. The Morgan fingerprint density at radius 2 is 1.95 bits per heavy atom. The van der Waals surface area contributed by atoms with Crippen molar-refractivity contribution in [2.75, 3.05) is 5.32 Å². The highest BCUT2D eigenvalue weighted by atomic mass is 19.1. The van der Waals surface area contributed by atoms with Gasteiger partial charge in [0.2, 0.25) is 5.91 Å². The molecule has 1 aromatic carbocycles. The van der Waals surface area contributed by atoms with Crippen LogP contribution in [0.25, 0.3) is 0 Å². The topological polar surface area (TPSA) is 66.4 Å². The fourth-order valence-electron chi connectivity index (χ4n) is 3.08. The first-order valence-electron chi connectivity index (χ1n) is 7.18. The van der Waals surface area contributed by atoms with Gasteiger partial charge < -0.3 is 10.4 Å². The van der Waals surface area contributed by atoms with E-state index in [-0.39, 0.29) is 24.6 Å². The molecule has 1 aliphatic carbocycles. The van der Waals surface area contributed by atoms with Gasteiger partial charge in [-0.05, 0) is 42.9 Å². The molecule has 114 valence electrons. The van der Waals surface area contributed by atoms with Crippen molar-refractivity contribution in [2.45, 2.75) is 45.4 Å². The van der Waals surface area contributed by atoms with Crippen molar-refractivity contribution in [1.29, 1.82) is 0 Å². The molecule has 1 saturated carbocycles. The van der Waals surface area contributed by atoms with Crippen molar-refractivity contribution < 1.29 is 19.1 Å². The molecule has 2 rings (SSSR count). The Kier molecular flexibility index (Phi) is 4.60. The van der Waals surface area contributed by atoms with Gasteiger partial charge in [-0.2, -0.15) is 0 Å². The summed E-state index contributed by atoms with van der Waals surface area (Å²) in [7, 11) is 0. The van der Waals surface area contributed by atoms with Crippen molar-refractivity contribution in [3.8, 4) is 0 Å². The third kappa shape index (κ3) is 4.03. The second-order valence-electron chi connectivity index (χ2n) is 5.97. The Hall–Kier alpha value is -1.91. The molecule has 0 aliphatic heterocycles. The number of rotatable bonds is 5. The summed E-state index contributed by atoms with van der Waals surface area (Å²) < 4.78 is 13.5. The van der Waals surface area contributed by atoms with Gasteiger partial charge in [-0.3, -0.25) is 9.59 Å². The summed E-state index contributed by atoms with van der Waals surface area (Å²) in [6.07, 6.45) is 3.63. The number of nitrogens with one attached hydrogen (secondary N) is 1. The summed E-state index contributed by atoms with van der Waals surface area (Å²) >= 11 is 0. The quantitative estimate of drug-likeness (QED) is 0.873. The first-order chi connectivity index (χ1) is 9.90. The lowest BCUT2D eigenvalue weighted by Crippen LogP contribution is -2.27. The number of carboxylic acids is 1. The highest BCUT2D eigenvalue weighted by Gasteiger charge is 2.37. The van der Waals surface area contributed by atoms with Crippen molar-refractivity contribution in [3.05, 3.63) is 29.6 Å². The number of hydrogen-bond donors (Lipinski definition) is 2. The predicted octanol–water partition coefficient (Wildman–Crippen LogP) is 3.50. The van der Waals surface area contributed by atoms with Gasteiger partial charge in [-0.15, -0.1) is 0 Å². The van der Waals surface area contributed by atoms with Gasteiger partial charge in [0.25, 0.3) is 0 Å². The number of amides is 1. The number of hydrogen-bond acceptors (Lipinski definition) is 2. The van der Waals surface area contributed by atoms with Gasteiger partial charge in [0.15, 0.2) is 0 Å². The van der Waals surface area contributed by atoms with E-state index in [1.807, 2.05) is 0 Å². The number of benzene rings is 1. The molecule has 0 radical (unpaired) electrons. The molecule has 0 spiro atoms. The Morgan fingerprint density at radius 1 is 1.29 bits per heavy atom. The van der Waals surface area contributed by atoms with Crippen molar-refractivity contribution in [3.63, 3.8) is 0 Å². The van der Waals surface area contributed by atoms with Crippen LogP contribution in [0.3, 0.4) is 0 Å². The van der Waals surface area contributed by atoms with Crippen LogP contribution in [0.5, 0.6) is 0 Å². The molecule has 21 heavy (non-hydrogen) atoms. The Balaban J connectivity index is 2.02. The van der Waals surface area contributed by atoms with E-state index in [0.29, 0.717) is 11.3 Å². The number of carbonyl (C=O) groups excluding carboxylic acids is 1. The van der Waals surface area contributed by atoms with Gasteiger partial charge in [0, 0.05) is 12.1 Å². The lowest BCUT2D eigenvalue weighted by atomic mass is 9.79. The normalized spacial score (nSPS) is 16.7. The van der Waals surface area contributed by atoms with E-state index < -0.39 is 11.4 Å². The van der Waals surface area contributed by atoms with Crippen LogP contribution >= 0.6 is 0 Å². The van der Waals surface area contributed by atoms with E-state index in [0.717, 1.165) is 25.7 Å². The molecular weight excluding hydrogens is 273 g/mol. The first-order valence-corrected chi connectivity index (χ1v) is 7.18. The van der Waals surface area contributed by atoms with Crippen LogP contribution in [0.4, 0.5) is 10.1 Å². The minimum absolute atomic E-state index is 0.0165. The summed E-state index contributed by atoms with van der Waals surface area (Å²) in [5, 5.41) is 11.7. The maximum absolute atomic E-state index is 13.5. The molecule has 5 heteroatoms. The van der Waals surface area contributed by atoms with Crippen molar-refractivity contribution >= 4 is 17.6 Å². The molecule has 0 atom stereocenters. The number of carbonyl (C=O) groups is 2. The van der Waals surface area contributed by atoms with Crippen LogP contribution in [0.15, 0.2) is 18.2 Å². The maximum Gasteiger partial charge on any atom is 0.303 e. The van der Waals surface area contributed by atoms with E-state index in [2.05, 4.69) is 5.32 Å². The van der Waals surface area contributed by atoms with E-state index in [4.69, 9.17) is 5.11 Å². The SMILES string of the molecule is Cc1ccc(NC(=O)CC2(CC(=O)O)CCCC2)cc1F. The summed E-state index contributed by atoms with van der Waals surface area (Å²) in [6.45, 7) is 1.65. The molecule has 0 aromatic heterocycles. The molecule has 1 aliphatic rings. The minimum atomic E-state index is -0.869. The zero-order valence-corrected chi connectivity index (χ0v) is 12.1. The second-order valence-corrected chi connectivity index (χ2v) is 5.97. The average molecular weight is 293 g/mol. The smallest absolute Gasteiger partial charge is 0.303 e. The summed E-state index contributed by atoms with van der Waals surface area (Å²) in [4.78, 5) is 23.1. The number of aryl methyl sites for hydroxylation is 1. The van der Waals surface area contributed by atoms with Gasteiger partial charge in [0.1, 0.15) is 5.82 Å². The second kappa shape index (κ2) is 6.24.